The summed E-state index contributed by atoms with van der Waals surface area (Å²) in [4.78, 5) is 0. The van der Waals surface area contributed by atoms with Gasteiger partial charge in [-0.05, 0) is 6.26 Å². The van der Waals surface area contributed by atoms with Crippen LogP contribution in [0.15, 0.2) is 0 Å². The van der Waals surface area contributed by atoms with Crippen LogP contribution < -0.4 is 0 Å². The van der Waals surface area contributed by atoms with Crippen LogP contribution in [-0.2, 0) is 0 Å². The molecule has 0 spiro atoms. The third kappa shape index (κ3) is 2.28. The molecule has 1 heterocycles. The lowest BCUT2D eigenvalue weighted by molar-refractivity contribution is 1.09. The molecule has 0 amide bonds. The summed E-state index contributed by atoms with van der Waals surface area (Å²) in [7, 11) is 0. The summed E-state index contributed by atoms with van der Waals surface area (Å²) < 4.78 is 0.875. The summed E-state index contributed by atoms with van der Waals surface area (Å²) in [5, 5.41) is 0.836. The van der Waals surface area contributed by atoms with Gasteiger partial charge in [-0.15, -0.1) is 23.5 Å². The highest BCUT2D eigenvalue weighted by Crippen LogP contribution is 2.37. The molecule has 0 nitrogen and oxygen atoms in total. The molecule has 0 aromatic rings. The minimum absolute atomic E-state index is 0.836. The van der Waals surface area contributed by atoms with Gasteiger partial charge in [0.2, 0.25) is 0 Å². The second kappa shape index (κ2) is 4.04. The summed E-state index contributed by atoms with van der Waals surface area (Å²) in [6.07, 6.45) is 2.20. The summed E-state index contributed by atoms with van der Waals surface area (Å²) in [6, 6.07) is 0. The average molecular weight is 180 g/mol. The van der Waals surface area contributed by atoms with E-state index in [0.29, 0.717) is 0 Å². The average Bonchev–Trinajstić information content (AvgIpc) is 2.37. The van der Waals surface area contributed by atoms with E-state index in [2.05, 4.69) is 36.7 Å². The molecular weight excluding hydrogens is 168 g/mol. The summed E-state index contributed by atoms with van der Waals surface area (Å²) >= 11 is 6.21. The van der Waals surface area contributed by atoms with Crippen LogP contribution in [0.1, 0.15) is 6.92 Å². The van der Waals surface area contributed by atoms with E-state index in [1.54, 1.807) is 0 Å². The van der Waals surface area contributed by atoms with E-state index in [1.165, 1.54) is 11.5 Å². The Labute approximate surface area is 69.9 Å². The van der Waals surface area contributed by atoms with Crippen LogP contribution in [0.2, 0.25) is 0 Å². The molecule has 0 radical (unpaired) electrons. The van der Waals surface area contributed by atoms with Gasteiger partial charge in [0.1, 0.15) is 0 Å². The molecule has 3 heteroatoms. The van der Waals surface area contributed by atoms with Gasteiger partial charge < -0.3 is 0 Å². The maximum absolute atomic E-state index is 2.32. The second-order valence-electron chi connectivity index (χ2n) is 2.05. The highest BCUT2D eigenvalue weighted by Gasteiger charge is 2.21. The van der Waals surface area contributed by atoms with E-state index in [1.807, 2.05) is 11.8 Å². The lowest BCUT2D eigenvalue weighted by Crippen LogP contribution is -2.08. The van der Waals surface area contributed by atoms with E-state index in [0.717, 1.165) is 9.83 Å². The van der Waals surface area contributed by atoms with Crippen molar-refractivity contribution in [3.63, 3.8) is 0 Å². The monoisotopic (exact) mass is 180 g/mol. The summed E-state index contributed by atoms with van der Waals surface area (Å²) in [6.45, 7) is 2.32. The molecule has 0 bridgehead atoms. The SMILES string of the molecule is CSC(C)C1SCCS1. The Hall–Kier alpha value is 1.05. The van der Waals surface area contributed by atoms with Crippen molar-refractivity contribution in [1.82, 2.24) is 0 Å². The van der Waals surface area contributed by atoms with Gasteiger partial charge >= 0.3 is 0 Å². The van der Waals surface area contributed by atoms with Gasteiger partial charge in [-0.25, -0.2) is 0 Å². The van der Waals surface area contributed by atoms with Crippen molar-refractivity contribution in [2.75, 3.05) is 17.8 Å². The van der Waals surface area contributed by atoms with Crippen LogP contribution in [0.4, 0.5) is 0 Å². The lowest BCUT2D eigenvalue weighted by atomic mass is 10.5. The normalized spacial score (nSPS) is 24.7. The van der Waals surface area contributed by atoms with Crippen molar-refractivity contribution in [2.45, 2.75) is 16.8 Å². The van der Waals surface area contributed by atoms with E-state index in [9.17, 15) is 0 Å². The molecule has 1 fully saturated rings. The minimum atomic E-state index is 0.836. The van der Waals surface area contributed by atoms with Crippen LogP contribution >= 0.6 is 35.3 Å². The molecule has 0 aliphatic carbocycles. The molecule has 0 aromatic carbocycles. The van der Waals surface area contributed by atoms with Crippen molar-refractivity contribution in [1.29, 1.82) is 0 Å². The number of hydrogen-bond acceptors (Lipinski definition) is 3. The highest BCUT2D eigenvalue weighted by molar-refractivity contribution is 8.21. The van der Waals surface area contributed by atoms with Crippen molar-refractivity contribution in [2.24, 2.45) is 0 Å². The summed E-state index contributed by atoms with van der Waals surface area (Å²) in [5.41, 5.74) is 0. The quantitative estimate of drug-likeness (QED) is 0.641. The maximum Gasteiger partial charge on any atom is 0.0618 e. The zero-order valence-corrected chi connectivity index (χ0v) is 8.24. The standard InChI is InChI=1S/C6H12S3/c1-5(7-2)6-8-3-4-9-6/h5-6H,3-4H2,1-2H3. The lowest BCUT2D eigenvalue weighted by Gasteiger charge is -2.13. The molecule has 1 rings (SSSR count). The first-order valence-corrected chi connectivity index (χ1v) is 6.49. The molecule has 1 saturated heterocycles. The first kappa shape index (κ1) is 8.15. The molecule has 9 heavy (non-hydrogen) atoms. The van der Waals surface area contributed by atoms with Gasteiger partial charge in [0.25, 0.3) is 0 Å². The van der Waals surface area contributed by atoms with Crippen LogP contribution in [0.3, 0.4) is 0 Å². The van der Waals surface area contributed by atoms with Gasteiger partial charge in [0, 0.05) is 16.8 Å². The Morgan fingerprint density at radius 2 is 2.00 bits per heavy atom. The maximum atomic E-state index is 2.32. The largest absolute Gasteiger partial charge is 0.160 e. The molecule has 0 N–H and O–H groups in total. The van der Waals surface area contributed by atoms with Crippen LogP contribution in [0, 0.1) is 0 Å². The Kier molecular flexibility index (Phi) is 3.66. The van der Waals surface area contributed by atoms with Crippen molar-refractivity contribution < 1.29 is 0 Å². The van der Waals surface area contributed by atoms with Gasteiger partial charge in [0.15, 0.2) is 0 Å². The van der Waals surface area contributed by atoms with Gasteiger partial charge in [0.05, 0.1) is 4.58 Å². The Morgan fingerprint density at radius 3 is 2.44 bits per heavy atom. The first-order chi connectivity index (χ1) is 4.34. The van der Waals surface area contributed by atoms with E-state index >= 15 is 0 Å². The predicted octanol–water partition coefficient (Wildman–Crippen LogP) is 2.54. The first-order valence-electron chi connectivity index (χ1n) is 3.10. The van der Waals surface area contributed by atoms with Gasteiger partial charge in [-0.3, -0.25) is 0 Å². The number of rotatable bonds is 2. The smallest absolute Gasteiger partial charge is 0.0618 e. The molecular formula is C6H12S3. The molecule has 0 saturated carbocycles. The molecule has 1 aliphatic heterocycles. The van der Waals surface area contributed by atoms with E-state index in [-0.39, 0.29) is 0 Å². The molecule has 54 valence electrons. The Morgan fingerprint density at radius 1 is 1.44 bits per heavy atom. The minimum Gasteiger partial charge on any atom is -0.160 e. The van der Waals surface area contributed by atoms with Crippen molar-refractivity contribution >= 4 is 35.3 Å². The third-order valence-electron chi connectivity index (χ3n) is 1.40. The Balaban J connectivity index is 2.24. The molecule has 0 aromatic heterocycles. The van der Waals surface area contributed by atoms with Crippen molar-refractivity contribution in [3.05, 3.63) is 0 Å². The van der Waals surface area contributed by atoms with E-state index in [4.69, 9.17) is 0 Å². The predicted molar refractivity (Wildman–Crippen MR) is 51.7 cm³/mol. The summed E-state index contributed by atoms with van der Waals surface area (Å²) in [5.74, 6) is 2.72. The fourth-order valence-electron chi connectivity index (χ4n) is 0.759. The van der Waals surface area contributed by atoms with Crippen LogP contribution in [0.5, 0.6) is 0 Å². The fourth-order valence-corrected chi connectivity index (χ4v) is 4.86. The zero-order valence-electron chi connectivity index (χ0n) is 5.79. The fraction of sp³-hybridized carbons (Fsp3) is 1.00. The van der Waals surface area contributed by atoms with E-state index < -0.39 is 0 Å². The van der Waals surface area contributed by atoms with Gasteiger partial charge in [-0.1, -0.05) is 6.92 Å². The Bertz CT molecular complexity index is 78.4. The highest BCUT2D eigenvalue weighted by atomic mass is 32.2. The molecule has 1 aliphatic rings. The van der Waals surface area contributed by atoms with Crippen LogP contribution in [-0.4, -0.2) is 27.6 Å². The van der Waals surface area contributed by atoms with Crippen LogP contribution in [0.25, 0.3) is 0 Å². The topological polar surface area (TPSA) is 0 Å². The van der Waals surface area contributed by atoms with Crippen molar-refractivity contribution in [3.8, 4) is 0 Å². The number of thioether (sulfide) groups is 3. The third-order valence-corrected chi connectivity index (χ3v) is 6.19. The zero-order chi connectivity index (χ0) is 6.69. The number of hydrogen-bond donors (Lipinski definition) is 0. The van der Waals surface area contributed by atoms with Gasteiger partial charge in [-0.2, -0.15) is 11.8 Å². The molecule has 1 unspecified atom stereocenters. The second-order valence-corrected chi connectivity index (χ2v) is 6.06. The molecule has 1 atom stereocenters.